The van der Waals surface area contributed by atoms with E-state index in [1.54, 1.807) is 18.2 Å². The second-order valence-electron chi connectivity index (χ2n) is 5.56. The molecule has 1 amide bonds. The quantitative estimate of drug-likeness (QED) is 0.939. The van der Waals surface area contributed by atoms with Crippen LogP contribution in [0.4, 0.5) is 0 Å². The van der Waals surface area contributed by atoms with Gasteiger partial charge in [0.25, 0.3) is 0 Å². The topological polar surface area (TPSA) is 40.5 Å². The third-order valence-electron chi connectivity index (χ3n) is 4.30. The maximum atomic E-state index is 12.5. The summed E-state index contributed by atoms with van der Waals surface area (Å²) in [4.78, 5) is 14.3. The van der Waals surface area contributed by atoms with E-state index in [0.717, 1.165) is 12.8 Å². The maximum absolute atomic E-state index is 12.5. The maximum Gasteiger partial charge on any atom is 0.227 e. The number of phenolic OH excluding ortho intramolecular Hbond substituents is 1. The van der Waals surface area contributed by atoms with E-state index in [0.29, 0.717) is 5.56 Å². The largest absolute Gasteiger partial charge is 0.508 e. The highest BCUT2D eigenvalue weighted by atomic mass is 16.3. The van der Waals surface area contributed by atoms with E-state index in [9.17, 15) is 9.90 Å². The second-order valence-corrected chi connectivity index (χ2v) is 5.56. The number of para-hydroxylation sites is 1. The van der Waals surface area contributed by atoms with E-state index >= 15 is 0 Å². The van der Waals surface area contributed by atoms with Crippen LogP contribution in [-0.2, 0) is 17.6 Å². The van der Waals surface area contributed by atoms with Crippen molar-refractivity contribution in [3.05, 3.63) is 65.2 Å². The predicted molar refractivity (Wildman–Crippen MR) is 82.1 cm³/mol. The van der Waals surface area contributed by atoms with Crippen LogP contribution in [-0.4, -0.2) is 23.0 Å². The van der Waals surface area contributed by atoms with Crippen LogP contribution >= 0.6 is 0 Å². The highest BCUT2D eigenvalue weighted by Crippen LogP contribution is 2.35. The van der Waals surface area contributed by atoms with Crippen LogP contribution in [0.2, 0.25) is 0 Å². The van der Waals surface area contributed by atoms with Gasteiger partial charge in [0.15, 0.2) is 0 Å². The number of hydrogen-bond donors (Lipinski definition) is 1. The molecular weight excluding hydrogens is 262 g/mol. The Kier molecular flexibility index (Phi) is 3.65. The molecule has 0 aromatic heterocycles. The SMILES string of the molecule is CN(C(=O)Cc1ccccc1O)[C@H]1CCc2ccccc21. The molecule has 2 aromatic carbocycles. The highest BCUT2D eigenvalue weighted by Gasteiger charge is 2.28. The zero-order chi connectivity index (χ0) is 14.8. The van der Waals surface area contributed by atoms with Gasteiger partial charge in [-0.15, -0.1) is 0 Å². The average Bonchev–Trinajstić information content (AvgIpc) is 2.92. The van der Waals surface area contributed by atoms with Gasteiger partial charge in [-0.05, 0) is 30.0 Å². The standard InChI is InChI=1S/C18H19NO2/c1-19(16-11-10-13-6-2-4-8-15(13)16)18(21)12-14-7-3-5-9-17(14)20/h2-9,16,20H,10-12H2,1H3/t16-/m0/s1. The lowest BCUT2D eigenvalue weighted by Gasteiger charge is -2.25. The predicted octanol–water partition coefficient (Wildman–Crippen LogP) is 3.08. The van der Waals surface area contributed by atoms with Crippen LogP contribution in [0.5, 0.6) is 5.75 Å². The van der Waals surface area contributed by atoms with Gasteiger partial charge < -0.3 is 10.0 Å². The Hall–Kier alpha value is -2.29. The summed E-state index contributed by atoms with van der Waals surface area (Å²) in [6, 6.07) is 15.5. The first-order chi connectivity index (χ1) is 10.2. The number of hydrogen-bond acceptors (Lipinski definition) is 2. The summed E-state index contributed by atoms with van der Waals surface area (Å²) < 4.78 is 0. The van der Waals surface area contributed by atoms with Gasteiger partial charge in [-0.25, -0.2) is 0 Å². The number of carbonyl (C=O) groups is 1. The van der Waals surface area contributed by atoms with E-state index in [-0.39, 0.29) is 24.1 Å². The summed E-state index contributed by atoms with van der Waals surface area (Å²) in [5, 5.41) is 9.79. The molecule has 3 rings (SSSR count). The van der Waals surface area contributed by atoms with E-state index in [4.69, 9.17) is 0 Å². The highest BCUT2D eigenvalue weighted by molar-refractivity contribution is 5.79. The minimum Gasteiger partial charge on any atom is -0.508 e. The number of rotatable bonds is 3. The Morgan fingerprint density at radius 3 is 2.71 bits per heavy atom. The summed E-state index contributed by atoms with van der Waals surface area (Å²) in [6.45, 7) is 0. The first-order valence-electron chi connectivity index (χ1n) is 7.27. The zero-order valence-corrected chi connectivity index (χ0v) is 12.1. The van der Waals surface area contributed by atoms with Gasteiger partial charge in [-0.1, -0.05) is 42.5 Å². The summed E-state index contributed by atoms with van der Waals surface area (Å²) in [5.74, 6) is 0.226. The van der Waals surface area contributed by atoms with Gasteiger partial charge >= 0.3 is 0 Å². The van der Waals surface area contributed by atoms with Crippen molar-refractivity contribution in [1.82, 2.24) is 4.90 Å². The first kappa shape index (κ1) is 13.7. The molecule has 0 bridgehead atoms. The fourth-order valence-electron chi connectivity index (χ4n) is 3.06. The van der Waals surface area contributed by atoms with Crippen LogP contribution in [0.1, 0.15) is 29.2 Å². The summed E-state index contributed by atoms with van der Waals surface area (Å²) >= 11 is 0. The summed E-state index contributed by atoms with van der Waals surface area (Å²) in [7, 11) is 1.86. The number of carbonyl (C=O) groups excluding carboxylic acids is 1. The molecular formula is C18H19NO2. The number of aromatic hydroxyl groups is 1. The zero-order valence-electron chi connectivity index (χ0n) is 12.1. The molecule has 0 unspecified atom stereocenters. The number of phenols is 1. The van der Waals surface area contributed by atoms with Crippen molar-refractivity contribution in [3.8, 4) is 5.75 Å². The third-order valence-corrected chi connectivity index (χ3v) is 4.30. The molecule has 0 saturated carbocycles. The molecule has 0 radical (unpaired) electrons. The van der Waals surface area contributed by atoms with Gasteiger partial charge in [-0.3, -0.25) is 4.79 Å². The first-order valence-corrected chi connectivity index (χ1v) is 7.27. The Morgan fingerprint density at radius 2 is 1.90 bits per heavy atom. The van der Waals surface area contributed by atoms with E-state index < -0.39 is 0 Å². The molecule has 0 heterocycles. The molecule has 1 aliphatic rings. The second kappa shape index (κ2) is 5.60. The minimum absolute atomic E-state index is 0.0400. The van der Waals surface area contributed by atoms with Crippen LogP contribution in [0.15, 0.2) is 48.5 Å². The molecule has 3 heteroatoms. The Morgan fingerprint density at radius 1 is 1.19 bits per heavy atom. The number of amides is 1. The number of nitrogens with zero attached hydrogens (tertiary/aromatic N) is 1. The van der Waals surface area contributed by atoms with Gasteiger partial charge in [-0.2, -0.15) is 0 Å². The number of likely N-dealkylation sites (N-methyl/N-ethyl adjacent to an activating group) is 1. The lowest BCUT2D eigenvalue weighted by atomic mass is 10.1. The minimum atomic E-state index is 0.0400. The smallest absolute Gasteiger partial charge is 0.227 e. The number of aryl methyl sites for hydroxylation is 1. The lowest BCUT2D eigenvalue weighted by molar-refractivity contribution is -0.131. The van der Waals surface area contributed by atoms with Gasteiger partial charge in [0.05, 0.1) is 12.5 Å². The van der Waals surface area contributed by atoms with Crippen molar-refractivity contribution in [2.45, 2.75) is 25.3 Å². The summed E-state index contributed by atoms with van der Waals surface area (Å²) in [6.07, 6.45) is 2.24. The van der Waals surface area contributed by atoms with Crippen LogP contribution < -0.4 is 0 Å². The molecule has 0 aliphatic heterocycles. The van der Waals surface area contributed by atoms with Crippen molar-refractivity contribution in [2.24, 2.45) is 0 Å². The normalized spacial score (nSPS) is 16.5. The van der Waals surface area contributed by atoms with E-state index in [1.165, 1.54) is 11.1 Å². The Bertz CT molecular complexity index is 666. The Labute approximate surface area is 124 Å². The van der Waals surface area contributed by atoms with E-state index in [1.807, 2.05) is 30.1 Å². The van der Waals surface area contributed by atoms with Crippen LogP contribution in [0.3, 0.4) is 0 Å². The van der Waals surface area contributed by atoms with Crippen molar-refractivity contribution in [2.75, 3.05) is 7.05 Å². The fraction of sp³-hybridized carbons (Fsp3) is 0.278. The molecule has 0 saturated heterocycles. The molecule has 1 aliphatic carbocycles. The van der Waals surface area contributed by atoms with Crippen molar-refractivity contribution in [1.29, 1.82) is 0 Å². The Balaban J connectivity index is 1.76. The van der Waals surface area contributed by atoms with Crippen LogP contribution in [0.25, 0.3) is 0 Å². The van der Waals surface area contributed by atoms with Crippen molar-refractivity contribution < 1.29 is 9.90 Å². The molecule has 2 aromatic rings. The molecule has 21 heavy (non-hydrogen) atoms. The molecule has 3 nitrogen and oxygen atoms in total. The average molecular weight is 281 g/mol. The fourth-order valence-corrected chi connectivity index (χ4v) is 3.06. The molecule has 108 valence electrons. The van der Waals surface area contributed by atoms with Crippen LogP contribution in [0, 0.1) is 0 Å². The molecule has 1 N–H and O–H groups in total. The van der Waals surface area contributed by atoms with Gasteiger partial charge in [0.1, 0.15) is 5.75 Å². The van der Waals surface area contributed by atoms with Gasteiger partial charge in [0.2, 0.25) is 5.91 Å². The molecule has 1 atom stereocenters. The number of fused-ring (bicyclic) bond motifs is 1. The van der Waals surface area contributed by atoms with Gasteiger partial charge in [0, 0.05) is 12.6 Å². The number of benzene rings is 2. The van der Waals surface area contributed by atoms with Crippen molar-refractivity contribution in [3.63, 3.8) is 0 Å². The summed E-state index contributed by atoms with van der Waals surface area (Å²) in [5.41, 5.74) is 3.27. The molecule has 0 fully saturated rings. The monoisotopic (exact) mass is 281 g/mol. The van der Waals surface area contributed by atoms with Crippen molar-refractivity contribution >= 4 is 5.91 Å². The third kappa shape index (κ3) is 2.64. The van der Waals surface area contributed by atoms with E-state index in [2.05, 4.69) is 12.1 Å². The lowest BCUT2D eigenvalue weighted by Crippen LogP contribution is -2.31. The molecule has 0 spiro atoms.